The molecule has 0 bridgehead atoms. The van der Waals surface area contributed by atoms with E-state index in [0.717, 1.165) is 4.70 Å². The molecule has 0 N–H and O–H groups in total. The SMILES string of the molecule is CCOC(=O)N=[N+](CC)C(=O)OC(C)C. The van der Waals surface area contributed by atoms with Crippen LogP contribution in [0.5, 0.6) is 0 Å². The van der Waals surface area contributed by atoms with Crippen molar-refractivity contribution < 1.29 is 23.8 Å². The largest absolute Gasteiger partial charge is 0.623 e. The number of carbonyl (C=O) groups excluding carboxylic acids is 2. The van der Waals surface area contributed by atoms with Gasteiger partial charge < -0.3 is 9.47 Å². The van der Waals surface area contributed by atoms with Gasteiger partial charge in [0.05, 0.1) is 11.7 Å². The zero-order chi connectivity index (χ0) is 11.8. The standard InChI is InChI=1S/C9H17N2O4/c1-5-11(9(13)15-7(3)4)10-8(12)14-6-2/h7H,5-6H2,1-4H3/q+1. The first kappa shape index (κ1) is 13.5. The summed E-state index contributed by atoms with van der Waals surface area (Å²) in [5, 5.41) is 3.44. The van der Waals surface area contributed by atoms with Crippen LogP contribution in [0.2, 0.25) is 0 Å². The summed E-state index contributed by atoms with van der Waals surface area (Å²) in [6, 6.07) is 0. The summed E-state index contributed by atoms with van der Waals surface area (Å²) in [4.78, 5) is 22.3. The van der Waals surface area contributed by atoms with Crippen LogP contribution in [0, 0.1) is 0 Å². The first-order valence-electron chi connectivity index (χ1n) is 4.87. The zero-order valence-electron chi connectivity index (χ0n) is 9.52. The van der Waals surface area contributed by atoms with Gasteiger partial charge in [0.2, 0.25) is 0 Å². The van der Waals surface area contributed by atoms with E-state index in [2.05, 4.69) is 9.85 Å². The minimum Gasteiger partial charge on any atom is -0.445 e. The molecule has 0 aliphatic carbocycles. The molecule has 0 rings (SSSR count). The topological polar surface area (TPSA) is 68.0 Å². The van der Waals surface area contributed by atoms with Gasteiger partial charge in [-0.05, 0) is 32.4 Å². The number of rotatable bonds is 3. The van der Waals surface area contributed by atoms with Crippen LogP contribution >= 0.6 is 0 Å². The van der Waals surface area contributed by atoms with Crippen LogP contribution in [-0.4, -0.2) is 36.1 Å². The Morgan fingerprint density at radius 1 is 1.33 bits per heavy atom. The Balaban J connectivity index is 4.46. The van der Waals surface area contributed by atoms with Crippen molar-refractivity contribution in [1.29, 1.82) is 0 Å². The summed E-state index contributed by atoms with van der Waals surface area (Å²) in [5.41, 5.74) is 0. The number of ether oxygens (including phenoxy) is 2. The smallest absolute Gasteiger partial charge is 0.445 e. The third kappa shape index (κ3) is 5.77. The minimum atomic E-state index is -0.792. The highest BCUT2D eigenvalue weighted by Gasteiger charge is 2.23. The van der Waals surface area contributed by atoms with Gasteiger partial charge in [-0.2, -0.15) is 4.79 Å². The number of azo groups is 2. The van der Waals surface area contributed by atoms with Gasteiger partial charge in [-0.15, -0.1) is 0 Å². The lowest BCUT2D eigenvalue weighted by Crippen LogP contribution is -2.24. The van der Waals surface area contributed by atoms with Gasteiger partial charge in [-0.3, -0.25) is 0 Å². The number of hydrogen-bond donors (Lipinski definition) is 0. The van der Waals surface area contributed by atoms with Crippen molar-refractivity contribution in [2.24, 2.45) is 5.11 Å². The molecule has 0 aliphatic heterocycles. The summed E-state index contributed by atoms with van der Waals surface area (Å²) in [7, 11) is 0. The fraction of sp³-hybridized carbons (Fsp3) is 0.778. The van der Waals surface area contributed by atoms with Crippen molar-refractivity contribution >= 4 is 12.2 Å². The molecule has 0 spiro atoms. The molecule has 6 heteroatoms. The average Bonchev–Trinajstić information content (AvgIpc) is 2.13. The number of amides is 2. The molecule has 0 saturated carbocycles. The van der Waals surface area contributed by atoms with Crippen molar-refractivity contribution in [1.82, 2.24) is 0 Å². The zero-order valence-corrected chi connectivity index (χ0v) is 9.52. The van der Waals surface area contributed by atoms with Gasteiger partial charge >= 0.3 is 12.2 Å². The summed E-state index contributed by atoms with van der Waals surface area (Å²) in [6.07, 6.45) is -1.69. The van der Waals surface area contributed by atoms with E-state index in [4.69, 9.17) is 4.74 Å². The number of nitrogens with zero attached hydrogens (tertiary/aromatic N) is 2. The van der Waals surface area contributed by atoms with E-state index in [1.54, 1.807) is 27.7 Å². The van der Waals surface area contributed by atoms with Crippen LogP contribution in [0.1, 0.15) is 27.7 Å². The Labute approximate surface area is 88.9 Å². The van der Waals surface area contributed by atoms with E-state index < -0.39 is 12.2 Å². The van der Waals surface area contributed by atoms with Gasteiger partial charge in [0.1, 0.15) is 6.10 Å². The predicted octanol–water partition coefficient (Wildman–Crippen LogP) is 2.17. The monoisotopic (exact) mass is 217 g/mol. The lowest BCUT2D eigenvalue weighted by atomic mass is 10.5. The lowest BCUT2D eigenvalue weighted by Gasteiger charge is -2.02. The number of hydrogen-bond acceptors (Lipinski definition) is 4. The molecule has 0 heterocycles. The normalized spacial score (nSPS) is 11.4. The molecular weight excluding hydrogens is 200 g/mol. The molecule has 6 nitrogen and oxygen atoms in total. The van der Waals surface area contributed by atoms with Crippen LogP contribution in [0.15, 0.2) is 5.11 Å². The molecule has 2 amide bonds. The van der Waals surface area contributed by atoms with E-state index in [1.807, 2.05) is 0 Å². The maximum Gasteiger partial charge on any atom is 0.623 e. The van der Waals surface area contributed by atoms with E-state index in [-0.39, 0.29) is 19.3 Å². The molecule has 0 radical (unpaired) electrons. The molecular formula is C9H17N2O4+. The second-order valence-corrected chi connectivity index (χ2v) is 2.95. The van der Waals surface area contributed by atoms with Crippen LogP contribution in [-0.2, 0) is 9.47 Å². The highest BCUT2D eigenvalue weighted by Crippen LogP contribution is 1.95. The number of carbonyl (C=O) groups is 2. The van der Waals surface area contributed by atoms with Crippen LogP contribution in [0.25, 0.3) is 0 Å². The Hall–Kier alpha value is -1.46. The maximum atomic E-state index is 11.3. The van der Waals surface area contributed by atoms with Crippen LogP contribution < -0.4 is 0 Å². The Kier molecular flexibility index (Phi) is 6.24. The van der Waals surface area contributed by atoms with Crippen molar-refractivity contribution in [3.63, 3.8) is 0 Å². The van der Waals surface area contributed by atoms with E-state index >= 15 is 0 Å². The summed E-state index contributed by atoms with van der Waals surface area (Å²) in [5.74, 6) is 0. The van der Waals surface area contributed by atoms with Crippen LogP contribution in [0.3, 0.4) is 0 Å². The minimum absolute atomic E-state index is 0.221. The molecule has 0 atom stereocenters. The van der Waals surface area contributed by atoms with Crippen molar-refractivity contribution in [2.45, 2.75) is 33.8 Å². The molecule has 0 aromatic heterocycles. The molecule has 0 saturated heterocycles. The Morgan fingerprint density at radius 2 is 1.93 bits per heavy atom. The van der Waals surface area contributed by atoms with Gasteiger partial charge in [0.15, 0.2) is 6.54 Å². The van der Waals surface area contributed by atoms with Crippen molar-refractivity contribution in [3.8, 4) is 0 Å². The highest BCUT2D eigenvalue weighted by atomic mass is 16.6. The fourth-order valence-electron chi connectivity index (χ4n) is 0.754. The third-order valence-electron chi connectivity index (χ3n) is 1.32. The van der Waals surface area contributed by atoms with E-state index in [9.17, 15) is 9.59 Å². The molecule has 0 aromatic rings. The average molecular weight is 217 g/mol. The first-order chi connectivity index (χ1) is 7.01. The Morgan fingerprint density at radius 3 is 2.33 bits per heavy atom. The summed E-state index contributed by atoms with van der Waals surface area (Å²) in [6.45, 7) is 7.26. The quantitative estimate of drug-likeness (QED) is 0.536. The fourth-order valence-corrected chi connectivity index (χ4v) is 0.754. The highest BCUT2D eigenvalue weighted by molar-refractivity contribution is 5.68. The van der Waals surface area contributed by atoms with Gasteiger partial charge in [0.25, 0.3) is 0 Å². The van der Waals surface area contributed by atoms with Crippen molar-refractivity contribution in [3.05, 3.63) is 0 Å². The molecule has 0 fully saturated rings. The van der Waals surface area contributed by atoms with Crippen LogP contribution in [0.4, 0.5) is 9.59 Å². The van der Waals surface area contributed by atoms with Gasteiger partial charge in [-0.25, -0.2) is 4.79 Å². The Bertz CT molecular complexity index is 261. The summed E-state index contributed by atoms with van der Waals surface area (Å²) < 4.78 is 10.4. The third-order valence-corrected chi connectivity index (χ3v) is 1.32. The molecule has 15 heavy (non-hydrogen) atoms. The van der Waals surface area contributed by atoms with Gasteiger partial charge in [-0.1, -0.05) is 0 Å². The summed E-state index contributed by atoms with van der Waals surface area (Å²) >= 11 is 0. The second-order valence-electron chi connectivity index (χ2n) is 2.95. The predicted molar refractivity (Wildman–Crippen MR) is 51.9 cm³/mol. The molecule has 0 unspecified atom stereocenters. The molecule has 0 aromatic carbocycles. The molecule has 86 valence electrons. The molecule has 0 aliphatic rings. The maximum absolute atomic E-state index is 11.3. The van der Waals surface area contributed by atoms with E-state index in [1.165, 1.54) is 0 Å². The lowest BCUT2D eigenvalue weighted by molar-refractivity contribution is -0.508. The second kappa shape index (κ2) is 6.92. The van der Waals surface area contributed by atoms with Crippen molar-refractivity contribution in [2.75, 3.05) is 13.2 Å². The first-order valence-corrected chi connectivity index (χ1v) is 4.87. The van der Waals surface area contributed by atoms with E-state index in [0.29, 0.717) is 0 Å². The van der Waals surface area contributed by atoms with Gasteiger partial charge in [0, 0.05) is 0 Å².